The van der Waals surface area contributed by atoms with Crippen molar-refractivity contribution in [3.8, 4) is 0 Å². The molecule has 1 fully saturated rings. The number of amides is 3. The lowest BCUT2D eigenvalue weighted by atomic mass is 10.1. The lowest BCUT2D eigenvalue weighted by Gasteiger charge is -2.17. The van der Waals surface area contributed by atoms with Crippen LogP contribution >= 0.6 is 11.6 Å². The first-order valence-corrected chi connectivity index (χ1v) is 8.80. The van der Waals surface area contributed by atoms with Crippen molar-refractivity contribution >= 4 is 35.3 Å². The molecule has 1 saturated heterocycles. The van der Waals surface area contributed by atoms with Crippen LogP contribution in [0.1, 0.15) is 12.0 Å². The third-order valence-corrected chi connectivity index (χ3v) is 4.52. The molecule has 1 heterocycles. The van der Waals surface area contributed by atoms with Crippen LogP contribution in [0.2, 0.25) is 5.02 Å². The van der Waals surface area contributed by atoms with Crippen LogP contribution in [0.15, 0.2) is 24.3 Å². The SMILES string of the molecule is CN(C)C(=O)CNC(=O)COC(=O)[C@@H]1CC(=O)N(Cc2ccccc2Cl)C1. The normalized spacial score (nSPS) is 16.2. The van der Waals surface area contributed by atoms with Crippen LogP contribution in [0.4, 0.5) is 0 Å². The summed E-state index contributed by atoms with van der Waals surface area (Å²) in [5, 5.41) is 2.92. The van der Waals surface area contributed by atoms with E-state index in [1.165, 1.54) is 4.90 Å². The molecule has 1 atom stereocenters. The summed E-state index contributed by atoms with van der Waals surface area (Å²) >= 11 is 6.10. The molecule has 0 bridgehead atoms. The lowest BCUT2D eigenvalue weighted by Crippen LogP contribution is -2.38. The Kier molecular flexibility index (Phi) is 7.18. The van der Waals surface area contributed by atoms with Gasteiger partial charge in [-0.1, -0.05) is 29.8 Å². The highest BCUT2D eigenvalue weighted by atomic mass is 35.5. The summed E-state index contributed by atoms with van der Waals surface area (Å²) in [4.78, 5) is 50.2. The molecule has 1 aliphatic rings. The molecule has 0 unspecified atom stereocenters. The largest absolute Gasteiger partial charge is 0.455 e. The quantitative estimate of drug-likeness (QED) is 0.676. The van der Waals surface area contributed by atoms with Crippen LogP contribution < -0.4 is 5.32 Å². The van der Waals surface area contributed by atoms with Crippen molar-refractivity contribution in [2.75, 3.05) is 33.8 Å². The first-order valence-electron chi connectivity index (χ1n) is 8.42. The molecule has 0 aromatic heterocycles. The van der Waals surface area contributed by atoms with E-state index in [9.17, 15) is 19.2 Å². The molecule has 8 nitrogen and oxygen atoms in total. The Balaban J connectivity index is 1.79. The highest BCUT2D eigenvalue weighted by Gasteiger charge is 2.35. The van der Waals surface area contributed by atoms with Gasteiger partial charge < -0.3 is 19.9 Å². The molecule has 1 N–H and O–H groups in total. The maximum atomic E-state index is 12.1. The first kappa shape index (κ1) is 20.7. The number of ether oxygens (including phenoxy) is 1. The maximum absolute atomic E-state index is 12.1. The third-order valence-electron chi connectivity index (χ3n) is 4.15. The molecule has 146 valence electrons. The van der Waals surface area contributed by atoms with Crippen LogP contribution in [-0.4, -0.2) is 67.3 Å². The van der Waals surface area contributed by atoms with Crippen molar-refractivity contribution < 1.29 is 23.9 Å². The summed E-state index contributed by atoms with van der Waals surface area (Å²) in [5.41, 5.74) is 0.798. The smallest absolute Gasteiger partial charge is 0.311 e. The van der Waals surface area contributed by atoms with Gasteiger partial charge in [0.05, 0.1) is 12.5 Å². The van der Waals surface area contributed by atoms with E-state index in [-0.39, 0.29) is 31.3 Å². The molecule has 0 radical (unpaired) electrons. The number of nitrogens with zero attached hydrogens (tertiary/aromatic N) is 2. The van der Waals surface area contributed by atoms with Gasteiger partial charge in [0, 0.05) is 38.6 Å². The summed E-state index contributed by atoms with van der Waals surface area (Å²) in [6, 6.07) is 7.19. The minimum atomic E-state index is -0.629. The van der Waals surface area contributed by atoms with E-state index in [0.29, 0.717) is 11.6 Å². The minimum absolute atomic E-state index is 0.0318. The molecule has 1 aromatic rings. The predicted molar refractivity (Wildman–Crippen MR) is 97.6 cm³/mol. The fourth-order valence-corrected chi connectivity index (χ4v) is 2.75. The number of likely N-dealkylation sites (N-methyl/N-ethyl adjacent to an activating group) is 1. The summed E-state index contributed by atoms with van der Waals surface area (Å²) in [6.07, 6.45) is 0.0318. The molecule has 3 amide bonds. The Morgan fingerprint density at radius 1 is 1.30 bits per heavy atom. The first-order chi connectivity index (χ1) is 12.8. The Labute approximate surface area is 162 Å². The van der Waals surface area contributed by atoms with E-state index in [1.807, 2.05) is 12.1 Å². The standard InChI is InChI=1S/C18H22ClN3O5/c1-21(2)17(25)8-20-15(23)11-27-18(26)13-7-16(24)22(10-13)9-12-5-3-4-6-14(12)19/h3-6,13H,7-11H2,1-2H3,(H,20,23)/t13-/m1/s1. The van der Waals surface area contributed by atoms with Gasteiger partial charge >= 0.3 is 5.97 Å². The van der Waals surface area contributed by atoms with Gasteiger partial charge in [-0.2, -0.15) is 0 Å². The van der Waals surface area contributed by atoms with Crippen LogP contribution in [0.5, 0.6) is 0 Å². The predicted octanol–water partition coefficient (Wildman–Crippen LogP) is 0.436. The number of likely N-dealkylation sites (tertiary alicyclic amines) is 1. The molecule has 0 spiro atoms. The molecular formula is C18H22ClN3O5. The fourth-order valence-electron chi connectivity index (χ4n) is 2.55. The second kappa shape index (κ2) is 9.36. The average Bonchev–Trinajstić information content (AvgIpc) is 3.00. The van der Waals surface area contributed by atoms with Gasteiger partial charge in [-0.05, 0) is 11.6 Å². The van der Waals surface area contributed by atoms with E-state index in [0.717, 1.165) is 5.56 Å². The number of carbonyl (C=O) groups is 4. The van der Waals surface area contributed by atoms with Gasteiger partial charge in [0.2, 0.25) is 11.8 Å². The van der Waals surface area contributed by atoms with Crippen molar-refractivity contribution in [3.05, 3.63) is 34.9 Å². The Morgan fingerprint density at radius 2 is 2.00 bits per heavy atom. The van der Waals surface area contributed by atoms with Crippen molar-refractivity contribution in [2.45, 2.75) is 13.0 Å². The summed E-state index contributed by atoms with van der Waals surface area (Å²) < 4.78 is 4.97. The van der Waals surface area contributed by atoms with Gasteiger partial charge in [-0.3, -0.25) is 19.2 Å². The van der Waals surface area contributed by atoms with Crippen molar-refractivity contribution in [1.82, 2.24) is 15.1 Å². The van der Waals surface area contributed by atoms with Gasteiger partial charge in [-0.25, -0.2) is 0 Å². The number of nitrogens with one attached hydrogen (secondary N) is 1. The molecule has 1 aliphatic heterocycles. The fraction of sp³-hybridized carbons (Fsp3) is 0.444. The molecule has 2 rings (SSSR count). The maximum Gasteiger partial charge on any atom is 0.311 e. The minimum Gasteiger partial charge on any atom is -0.455 e. The van der Waals surface area contributed by atoms with E-state index in [2.05, 4.69) is 5.32 Å². The summed E-state index contributed by atoms with van der Waals surface area (Å²) in [5.74, 6) is -2.25. The topological polar surface area (TPSA) is 96.0 Å². The monoisotopic (exact) mass is 395 g/mol. The van der Waals surface area contributed by atoms with Gasteiger partial charge in [-0.15, -0.1) is 0 Å². The highest BCUT2D eigenvalue weighted by molar-refractivity contribution is 6.31. The van der Waals surface area contributed by atoms with Crippen LogP contribution in [0, 0.1) is 5.92 Å². The third kappa shape index (κ3) is 5.96. The van der Waals surface area contributed by atoms with Crippen LogP contribution in [-0.2, 0) is 30.5 Å². The summed E-state index contributed by atoms with van der Waals surface area (Å²) in [6.45, 7) is -0.134. The second-order valence-corrected chi connectivity index (χ2v) is 6.85. The van der Waals surface area contributed by atoms with Gasteiger partial charge in [0.15, 0.2) is 6.61 Å². The molecule has 27 heavy (non-hydrogen) atoms. The molecule has 0 saturated carbocycles. The van der Waals surface area contributed by atoms with Crippen molar-refractivity contribution in [3.63, 3.8) is 0 Å². The van der Waals surface area contributed by atoms with E-state index in [4.69, 9.17) is 16.3 Å². The Morgan fingerprint density at radius 3 is 2.67 bits per heavy atom. The average molecular weight is 396 g/mol. The highest BCUT2D eigenvalue weighted by Crippen LogP contribution is 2.24. The Hall–Kier alpha value is -2.61. The Bertz CT molecular complexity index is 737. The van der Waals surface area contributed by atoms with Crippen molar-refractivity contribution in [2.24, 2.45) is 5.92 Å². The van der Waals surface area contributed by atoms with Crippen LogP contribution in [0.3, 0.4) is 0 Å². The zero-order chi connectivity index (χ0) is 20.0. The van der Waals surface area contributed by atoms with Crippen molar-refractivity contribution in [1.29, 1.82) is 0 Å². The number of hydrogen-bond donors (Lipinski definition) is 1. The van der Waals surface area contributed by atoms with E-state index >= 15 is 0 Å². The molecule has 0 aliphatic carbocycles. The second-order valence-electron chi connectivity index (χ2n) is 6.44. The number of halogens is 1. The van der Waals surface area contributed by atoms with Gasteiger partial charge in [0.25, 0.3) is 5.91 Å². The zero-order valence-electron chi connectivity index (χ0n) is 15.2. The number of esters is 1. The number of benzene rings is 1. The molecule has 9 heteroatoms. The molecule has 1 aromatic carbocycles. The number of carbonyl (C=O) groups excluding carboxylic acids is 4. The lowest BCUT2D eigenvalue weighted by molar-refractivity contribution is -0.152. The van der Waals surface area contributed by atoms with E-state index in [1.54, 1.807) is 31.1 Å². The van der Waals surface area contributed by atoms with Crippen LogP contribution in [0.25, 0.3) is 0 Å². The number of hydrogen-bond acceptors (Lipinski definition) is 5. The molecular weight excluding hydrogens is 374 g/mol. The number of rotatable bonds is 7. The zero-order valence-corrected chi connectivity index (χ0v) is 16.0. The van der Waals surface area contributed by atoms with Gasteiger partial charge in [0.1, 0.15) is 0 Å². The van der Waals surface area contributed by atoms with E-state index < -0.39 is 24.4 Å². The summed E-state index contributed by atoms with van der Waals surface area (Å²) in [7, 11) is 3.14.